The molecule has 0 spiro atoms. The van der Waals surface area contributed by atoms with Gasteiger partial charge >= 0.3 is 0 Å². The lowest BCUT2D eigenvalue weighted by molar-refractivity contribution is 0.414. The molecule has 0 saturated carbocycles. The van der Waals surface area contributed by atoms with Gasteiger partial charge in [-0.05, 0) is 54.1 Å². The smallest absolute Gasteiger partial charge is 0.123 e. The van der Waals surface area contributed by atoms with Gasteiger partial charge in [-0.2, -0.15) is 0 Å². The van der Waals surface area contributed by atoms with Crippen molar-refractivity contribution in [1.29, 1.82) is 0 Å². The van der Waals surface area contributed by atoms with Crippen molar-refractivity contribution < 1.29 is 9.13 Å². The molecule has 3 rings (SSSR count). The molecule has 0 aliphatic rings. The van der Waals surface area contributed by atoms with Crippen LogP contribution in [0.15, 0.2) is 78.9 Å². The third-order valence-electron chi connectivity index (χ3n) is 3.71. The third kappa shape index (κ3) is 3.69. The molecule has 0 amide bonds. The number of anilines is 2. The molecule has 0 N–H and O–H groups in total. The molecule has 0 saturated heterocycles. The number of benzene rings is 3. The van der Waals surface area contributed by atoms with Crippen LogP contribution in [-0.4, -0.2) is 7.11 Å². The molecule has 3 heteroatoms. The van der Waals surface area contributed by atoms with Crippen LogP contribution in [0.25, 0.3) is 0 Å². The fourth-order valence-electron chi connectivity index (χ4n) is 2.47. The van der Waals surface area contributed by atoms with Gasteiger partial charge in [-0.1, -0.05) is 30.3 Å². The largest absolute Gasteiger partial charge is 0.497 e. The first-order valence-corrected chi connectivity index (χ1v) is 7.47. The maximum absolute atomic E-state index is 13.2. The maximum Gasteiger partial charge on any atom is 0.123 e. The van der Waals surface area contributed by atoms with Crippen molar-refractivity contribution in [2.45, 2.75) is 6.54 Å². The molecular formula is C20H18FNO. The summed E-state index contributed by atoms with van der Waals surface area (Å²) in [5.41, 5.74) is 3.17. The summed E-state index contributed by atoms with van der Waals surface area (Å²) in [7, 11) is 1.66. The van der Waals surface area contributed by atoms with E-state index in [1.165, 1.54) is 12.1 Å². The molecule has 0 aliphatic carbocycles. The summed E-state index contributed by atoms with van der Waals surface area (Å²) in [4.78, 5) is 2.15. The monoisotopic (exact) mass is 307 g/mol. The van der Waals surface area contributed by atoms with E-state index in [1.54, 1.807) is 19.2 Å². The average molecular weight is 307 g/mol. The molecule has 0 bridgehead atoms. The number of hydrogen-bond acceptors (Lipinski definition) is 2. The molecule has 0 heterocycles. The minimum atomic E-state index is -0.230. The Hall–Kier alpha value is -2.81. The fourth-order valence-corrected chi connectivity index (χ4v) is 2.47. The van der Waals surface area contributed by atoms with Crippen LogP contribution in [0.2, 0.25) is 0 Å². The molecular weight excluding hydrogens is 289 g/mol. The second-order valence-electron chi connectivity index (χ2n) is 5.25. The molecule has 0 fully saturated rings. The Labute approximate surface area is 135 Å². The lowest BCUT2D eigenvalue weighted by atomic mass is 10.1. The number of nitrogens with zero attached hydrogens (tertiary/aromatic N) is 1. The van der Waals surface area contributed by atoms with Crippen molar-refractivity contribution in [3.63, 3.8) is 0 Å². The van der Waals surface area contributed by atoms with Crippen molar-refractivity contribution in [2.75, 3.05) is 12.0 Å². The van der Waals surface area contributed by atoms with E-state index in [0.29, 0.717) is 6.54 Å². The van der Waals surface area contributed by atoms with E-state index in [4.69, 9.17) is 4.74 Å². The Bertz CT molecular complexity index is 739. The van der Waals surface area contributed by atoms with Crippen molar-refractivity contribution in [2.24, 2.45) is 0 Å². The lowest BCUT2D eigenvalue weighted by Gasteiger charge is -2.25. The number of ether oxygens (including phenoxy) is 1. The fraction of sp³-hybridized carbons (Fsp3) is 0.100. The Morgan fingerprint density at radius 1 is 0.783 bits per heavy atom. The van der Waals surface area contributed by atoms with Crippen LogP contribution in [0, 0.1) is 5.82 Å². The van der Waals surface area contributed by atoms with Gasteiger partial charge in [0, 0.05) is 17.9 Å². The molecule has 116 valence electrons. The van der Waals surface area contributed by atoms with Crippen LogP contribution in [0.5, 0.6) is 5.75 Å². The molecule has 0 radical (unpaired) electrons. The minimum Gasteiger partial charge on any atom is -0.497 e. The van der Waals surface area contributed by atoms with Gasteiger partial charge in [-0.3, -0.25) is 0 Å². The highest BCUT2D eigenvalue weighted by Gasteiger charge is 2.10. The number of rotatable bonds is 5. The minimum absolute atomic E-state index is 0.230. The summed E-state index contributed by atoms with van der Waals surface area (Å²) in [5, 5.41) is 0. The normalized spacial score (nSPS) is 10.3. The summed E-state index contributed by atoms with van der Waals surface area (Å²) < 4.78 is 18.4. The lowest BCUT2D eigenvalue weighted by Crippen LogP contribution is -2.16. The van der Waals surface area contributed by atoms with Gasteiger partial charge in [0.2, 0.25) is 0 Å². The van der Waals surface area contributed by atoms with Crippen molar-refractivity contribution in [3.8, 4) is 5.75 Å². The molecule has 0 atom stereocenters. The molecule has 23 heavy (non-hydrogen) atoms. The summed E-state index contributed by atoms with van der Waals surface area (Å²) in [5.74, 6) is 0.605. The Morgan fingerprint density at radius 3 is 2.00 bits per heavy atom. The van der Waals surface area contributed by atoms with E-state index in [2.05, 4.69) is 4.90 Å². The third-order valence-corrected chi connectivity index (χ3v) is 3.71. The van der Waals surface area contributed by atoms with E-state index in [0.717, 1.165) is 22.7 Å². The van der Waals surface area contributed by atoms with Gasteiger partial charge in [0.25, 0.3) is 0 Å². The van der Waals surface area contributed by atoms with Crippen molar-refractivity contribution >= 4 is 11.4 Å². The van der Waals surface area contributed by atoms with Gasteiger partial charge in [-0.25, -0.2) is 4.39 Å². The van der Waals surface area contributed by atoms with Crippen molar-refractivity contribution in [3.05, 3.63) is 90.2 Å². The first-order valence-electron chi connectivity index (χ1n) is 7.47. The summed E-state index contributed by atoms with van der Waals surface area (Å²) in [6, 6.07) is 24.6. The van der Waals surface area contributed by atoms with Gasteiger partial charge in [0.05, 0.1) is 7.11 Å². The molecule has 0 unspecified atom stereocenters. The SMILES string of the molecule is COc1ccc(CN(c2ccccc2)c2ccc(F)cc2)cc1. The van der Waals surface area contributed by atoms with Crippen molar-refractivity contribution in [1.82, 2.24) is 0 Å². The summed E-state index contributed by atoms with van der Waals surface area (Å²) in [6.45, 7) is 0.694. The van der Waals surface area contributed by atoms with Crippen LogP contribution >= 0.6 is 0 Å². The van der Waals surface area contributed by atoms with Crippen LogP contribution in [-0.2, 0) is 6.54 Å². The molecule has 3 aromatic carbocycles. The predicted octanol–water partition coefficient (Wildman–Crippen LogP) is 5.17. The number of halogens is 1. The number of methoxy groups -OCH3 is 1. The Morgan fingerprint density at radius 2 is 1.39 bits per heavy atom. The molecule has 0 aliphatic heterocycles. The van der Waals surface area contributed by atoms with Crippen LogP contribution in [0.4, 0.5) is 15.8 Å². The Balaban J connectivity index is 1.93. The molecule has 3 aromatic rings. The standard InChI is InChI=1S/C20H18FNO/c1-23-20-13-7-16(8-14-20)15-22(18-5-3-2-4-6-18)19-11-9-17(21)10-12-19/h2-14H,15H2,1H3. The summed E-state index contributed by atoms with van der Waals surface area (Å²) >= 11 is 0. The molecule has 2 nitrogen and oxygen atoms in total. The van der Waals surface area contributed by atoms with E-state index in [9.17, 15) is 4.39 Å². The summed E-state index contributed by atoms with van der Waals surface area (Å²) in [6.07, 6.45) is 0. The van der Waals surface area contributed by atoms with Crippen LogP contribution < -0.4 is 9.64 Å². The van der Waals surface area contributed by atoms with E-state index in [-0.39, 0.29) is 5.82 Å². The topological polar surface area (TPSA) is 12.5 Å². The van der Waals surface area contributed by atoms with Gasteiger partial charge < -0.3 is 9.64 Å². The highest BCUT2D eigenvalue weighted by molar-refractivity contribution is 5.63. The van der Waals surface area contributed by atoms with Gasteiger partial charge in [0.1, 0.15) is 11.6 Å². The zero-order valence-electron chi connectivity index (χ0n) is 12.9. The quantitative estimate of drug-likeness (QED) is 0.644. The van der Waals surface area contributed by atoms with Gasteiger partial charge in [-0.15, -0.1) is 0 Å². The maximum atomic E-state index is 13.2. The van der Waals surface area contributed by atoms with E-state index < -0.39 is 0 Å². The number of hydrogen-bond donors (Lipinski definition) is 0. The van der Waals surface area contributed by atoms with Crippen LogP contribution in [0.3, 0.4) is 0 Å². The number of para-hydroxylation sites is 1. The second-order valence-corrected chi connectivity index (χ2v) is 5.25. The first kappa shape index (κ1) is 15.1. The van der Waals surface area contributed by atoms with E-state index >= 15 is 0 Å². The van der Waals surface area contributed by atoms with Gasteiger partial charge in [0.15, 0.2) is 0 Å². The zero-order chi connectivity index (χ0) is 16.1. The molecule has 0 aromatic heterocycles. The second kappa shape index (κ2) is 6.97. The first-order chi connectivity index (χ1) is 11.3. The average Bonchev–Trinajstić information content (AvgIpc) is 2.62. The highest BCUT2D eigenvalue weighted by Crippen LogP contribution is 2.28. The van der Waals surface area contributed by atoms with E-state index in [1.807, 2.05) is 54.6 Å². The van der Waals surface area contributed by atoms with Crippen LogP contribution in [0.1, 0.15) is 5.56 Å². The highest BCUT2D eigenvalue weighted by atomic mass is 19.1. The zero-order valence-corrected chi connectivity index (χ0v) is 12.9. The predicted molar refractivity (Wildman–Crippen MR) is 91.7 cm³/mol. The Kier molecular flexibility index (Phi) is 4.57.